The van der Waals surface area contributed by atoms with Crippen LogP contribution in [0.2, 0.25) is 0 Å². The normalized spacial score (nSPS) is 11.5. The van der Waals surface area contributed by atoms with Crippen molar-refractivity contribution < 1.29 is 40.6 Å². The molecule has 12 heteroatoms. The van der Waals surface area contributed by atoms with E-state index in [4.69, 9.17) is 4.74 Å². The molecule has 0 saturated carbocycles. The monoisotopic (exact) mass is 481 g/mol. The SMILES string of the molecule is O=C(Nc1n[nH]c2cc(OCc3cc(F)c(F)cc3F)ccc12)c1ccc(OC(F)(F)F)cc1. The van der Waals surface area contributed by atoms with Crippen LogP contribution in [0.1, 0.15) is 15.9 Å². The minimum Gasteiger partial charge on any atom is -0.489 e. The number of benzene rings is 3. The summed E-state index contributed by atoms with van der Waals surface area (Å²) < 4.78 is 86.0. The summed E-state index contributed by atoms with van der Waals surface area (Å²) in [7, 11) is 0. The van der Waals surface area contributed by atoms with Gasteiger partial charge in [0, 0.05) is 28.6 Å². The van der Waals surface area contributed by atoms with Crippen LogP contribution in [0.4, 0.5) is 32.2 Å². The summed E-state index contributed by atoms with van der Waals surface area (Å²) in [6.07, 6.45) is -4.84. The van der Waals surface area contributed by atoms with E-state index in [1.165, 1.54) is 12.1 Å². The zero-order chi connectivity index (χ0) is 24.5. The lowest BCUT2D eigenvalue weighted by Gasteiger charge is -2.09. The Balaban J connectivity index is 1.44. The number of hydrogen-bond acceptors (Lipinski definition) is 4. The summed E-state index contributed by atoms with van der Waals surface area (Å²) >= 11 is 0. The first-order valence-corrected chi connectivity index (χ1v) is 9.50. The molecule has 0 unspecified atom stereocenters. The summed E-state index contributed by atoms with van der Waals surface area (Å²) in [6, 6.07) is 10.0. The summed E-state index contributed by atoms with van der Waals surface area (Å²) in [5, 5.41) is 9.67. The Morgan fingerprint density at radius 2 is 1.59 bits per heavy atom. The lowest BCUT2D eigenvalue weighted by Crippen LogP contribution is -2.17. The van der Waals surface area contributed by atoms with E-state index in [0.717, 1.165) is 24.3 Å². The molecule has 1 heterocycles. The van der Waals surface area contributed by atoms with Gasteiger partial charge >= 0.3 is 6.36 Å². The standard InChI is InChI=1S/C22H13F6N3O3/c23-16-9-18(25)17(24)7-12(16)10-33-14-5-6-15-19(8-14)30-31-20(15)29-21(32)11-1-3-13(4-2-11)34-22(26,27)28/h1-9H,10H2,(H2,29,30,31,32). The second-order valence-electron chi connectivity index (χ2n) is 6.95. The van der Waals surface area contributed by atoms with Crippen LogP contribution < -0.4 is 14.8 Å². The van der Waals surface area contributed by atoms with Crippen LogP contribution in [0.5, 0.6) is 11.5 Å². The van der Waals surface area contributed by atoms with E-state index in [2.05, 4.69) is 20.3 Å². The Morgan fingerprint density at radius 1 is 0.912 bits per heavy atom. The molecule has 0 aliphatic carbocycles. The van der Waals surface area contributed by atoms with Gasteiger partial charge < -0.3 is 14.8 Å². The summed E-state index contributed by atoms with van der Waals surface area (Å²) in [5.41, 5.74) is 0.329. The second kappa shape index (κ2) is 8.96. The van der Waals surface area contributed by atoms with Crippen LogP contribution in [-0.4, -0.2) is 22.5 Å². The number of anilines is 1. The Morgan fingerprint density at radius 3 is 2.29 bits per heavy atom. The van der Waals surface area contributed by atoms with Crippen molar-refractivity contribution in [2.75, 3.05) is 5.32 Å². The number of carbonyl (C=O) groups is 1. The van der Waals surface area contributed by atoms with E-state index in [1.807, 2.05) is 0 Å². The summed E-state index contributed by atoms with van der Waals surface area (Å²) in [5.74, 6) is -4.14. The lowest BCUT2D eigenvalue weighted by atomic mass is 10.2. The van der Waals surface area contributed by atoms with E-state index < -0.39 is 35.5 Å². The lowest BCUT2D eigenvalue weighted by molar-refractivity contribution is -0.274. The molecule has 4 aromatic rings. The number of ether oxygens (including phenoxy) is 2. The topological polar surface area (TPSA) is 76.2 Å². The number of nitrogens with zero attached hydrogens (tertiary/aromatic N) is 1. The van der Waals surface area contributed by atoms with Gasteiger partial charge in [0.1, 0.15) is 23.9 Å². The number of fused-ring (bicyclic) bond motifs is 1. The first-order valence-electron chi connectivity index (χ1n) is 9.50. The number of nitrogens with one attached hydrogen (secondary N) is 2. The van der Waals surface area contributed by atoms with Crippen LogP contribution in [0.25, 0.3) is 10.9 Å². The molecule has 0 spiro atoms. The Hall–Kier alpha value is -4.22. The number of amides is 1. The van der Waals surface area contributed by atoms with E-state index >= 15 is 0 Å². The van der Waals surface area contributed by atoms with Crippen molar-refractivity contribution in [1.82, 2.24) is 10.2 Å². The van der Waals surface area contributed by atoms with Crippen LogP contribution in [0.15, 0.2) is 54.6 Å². The highest BCUT2D eigenvalue weighted by Gasteiger charge is 2.31. The van der Waals surface area contributed by atoms with Crippen molar-refractivity contribution in [3.05, 3.63) is 83.2 Å². The average Bonchev–Trinajstić information content (AvgIpc) is 3.16. The Bertz CT molecular complexity index is 1350. The molecule has 176 valence electrons. The van der Waals surface area contributed by atoms with Crippen LogP contribution in [0.3, 0.4) is 0 Å². The fourth-order valence-electron chi connectivity index (χ4n) is 3.01. The van der Waals surface area contributed by atoms with Gasteiger partial charge in [0.2, 0.25) is 0 Å². The molecule has 3 aromatic carbocycles. The maximum absolute atomic E-state index is 13.7. The van der Waals surface area contributed by atoms with Crippen molar-refractivity contribution in [1.29, 1.82) is 0 Å². The molecule has 1 amide bonds. The van der Waals surface area contributed by atoms with Gasteiger partial charge in [-0.15, -0.1) is 13.2 Å². The van der Waals surface area contributed by atoms with Gasteiger partial charge in [-0.3, -0.25) is 9.89 Å². The highest BCUT2D eigenvalue weighted by molar-refractivity contribution is 6.08. The first kappa shape index (κ1) is 23.0. The third-order valence-electron chi connectivity index (χ3n) is 4.60. The third-order valence-corrected chi connectivity index (χ3v) is 4.60. The molecule has 0 saturated heterocycles. The average molecular weight is 481 g/mol. The molecule has 6 nitrogen and oxygen atoms in total. The number of aromatic amines is 1. The molecular formula is C22H13F6N3O3. The van der Waals surface area contributed by atoms with Crippen molar-refractivity contribution in [3.63, 3.8) is 0 Å². The zero-order valence-corrected chi connectivity index (χ0v) is 16.8. The van der Waals surface area contributed by atoms with Crippen LogP contribution in [-0.2, 0) is 6.61 Å². The molecule has 0 aliphatic heterocycles. The van der Waals surface area contributed by atoms with Gasteiger partial charge in [0.25, 0.3) is 5.91 Å². The van der Waals surface area contributed by atoms with Gasteiger partial charge in [-0.2, -0.15) is 5.10 Å². The molecule has 34 heavy (non-hydrogen) atoms. The summed E-state index contributed by atoms with van der Waals surface area (Å²) in [4.78, 5) is 12.4. The van der Waals surface area contributed by atoms with E-state index in [0.29, 0.717) is 23.0 Å². The van der Waals surface area contributed by atoms with Crippen molar-refractivity contribution >= 4 is 22.6 Å². The number of aromatic nitrogens is 2. The number of H-pyrrole nitrogens is 1. The second-order valence-corrected chi connectivity index (χ2v) is 6.95. The number of alkyl halides is 3. The van der Waals surface area contributed by atoms with Crippen molar-refractivity contribution in [2.24, 2.45) is 0 Å². The van der Waals surface area contributed by atoms with Gasteiger partial charge in [0.15, 0.2) is 17.5 Å². The summed E-state index contributed by atoms with van der Waals surface area (Å²) in [6.45, 7) is -0.361. The first-order chi connectivity index (χ1) is 16.1. The predicted octanol–water partition coefficient (Wildman–Crippen LogP) is 5.71. The van der Waals surface area contributed by atoms with E-state index in [-0.39, 0.29) is 29.3 Å². The molecule has 0 bridgehead atoms. The number of halogens is 6. The maximum Gasteiger partial charge on any atom is 0.573 e. The van der Waals surface area contributed by atoms with Gasteiger partial charge in [-0.05, 0) is 42.5 Å². The third kappa shape index (κ3) is 5.22. The van der Waals surface area contributed by atoms with E-state index in [9.17, 15) is 31.1 Å². The number of carbonyl (C=O) groups excluding carboxylic acids is 1. The number of hydrogen-bond donors (Lipinski definition) is 2. The van der Waals surface area contributed by atoms with Crippen LogP contribution >= 0.6 is 0 Å². The number of rotatable bonds is 6. The molecule has 0 fully saturated rings. The molecule has 1 aromatic heterocycles. The van der Waals surface area contributed by atoms with Crippen molar-refractivity contribution in [3.8, 4) is 11.5 Å². The Labute approximate surface area is 187 Å². The highest BCUT2D eigenvalue weighted by Crippen LogP contribution is 2.27. The largest absolute Gasteiger partial charge is 0.573 e. The molecule has 4 rings (SSSR count). The van der Waals surface area contributed by atoms with E-state index in [1.54, 1.807) is 6.07 Å². The smallest absolute Gasteiger partial charge is 0.489 e. The molecule has 0 aliphatic rings. The van der Waals surface area contributed by atoms with Gasteiger partial charge in [-0.25, -0.2) is 13.2 Å². The zero-order valence-electron chi connectivity index (χ0n) is 16.8. The molecular weight excluding hydrogens is 468 g/mol. The minimum absolute atomic E-state index is 0.0687. The minimum atomic E-state index is -4.84. The fourth-order valence-corrected chi connectivity index (χ4v) is 3.01. The quantitative estimate of drug-likeness (QED) is 0.273. The molecule has 0 atom stereocenters. The fraction of sp³-hybridized carbons (Fsp3) is 0.0909. The molecule has 2 N–H and O–H groups in total. The predicted molar refractivity (Wildman–Crippen MR) is 108 cm³/mol. The Kier molecular flexibility index (Phi) is 6.05. The highest BCUT2D eigenvalue weighted by atomic mass is 19.4. The maximum atomic E-state index is 13.7. The van der Waals surface area contributed by atoms with Gasteiger partial charge in [-0.1, -0.05) is 0 Å². The van der Waals surface area contributed by atoms with Crippen molar-refractivity contribution in [2.45, 2.75) is 13.0 Å². The van der Waals surface area contributed by atoms with Crippen LogP contribution in [0, 0.1) is 17.5 Å². The van der Waals surface area contributed by atoms with Gasteiger partial charge in [0.05, 0.1) is 5.52 Å². The molecule has 0 radical (unpaired) electrons.